The molecule has 2 saturated heterocycles. The summed E-state index contributed by atoms with van der Waals surface area (Å²) in [5.74, 6) is -1.48. The first kappa shape index (κ1) is 27.5. The van der Waals surface area contributed by atoms with E-state index in [9.17, 15) is 13.6 Å². The molecule has 0 radical (unpaired) electrons. The fourth-order valence-corrected chi connectivity index (χ4v) is 4.49. The van der Waals surface area contributed by atoms with Crippen molar-refractivity contribution >= 4 is 11.9 Å². The van der Waals surface area contributed by atoms with Gasteiger partial charge < -0.3 is 28.7 Å². The van der Waals surface area contributed by atoms with Crippen molar-refractivity contribution in [2.45, 2.75) is 45.6 Å². The van der Waals surface area contributed by atoms with Gasteiger partial charge in [-0.05, 0) is 50.6 Å². The lowest BCUT2D eigenvalue weighted by molar-refractivity contribution is -0.254. The van der Waals surface area contributed by atoms with Crippen LogP contribution in [0.15, 0.2) is 30.5 Å². The number of hydrogen-bond acceptors (Lipinski definition) is 8. The highest BCUT2D eigenvalue weighted by Gasteiger charge is 2.49. The van der Waals surface area contributed by atoms with Crippen molar-refractivity contribution in [3.63, 3.8) is 0 Å². The summed E-state index contributed by atoms with van der Waals surface area (Å²) in [5.41, 5.74) is -0.00261. The van der Waals surface area contributed by atoms with E-state index in [0.717, 1.165) is 0 Å². The Morgan fingerprint density at radius 3 is 2.42 bits per heavy atom. The van der Waals surface area contributed by atoms with Crippen LogP contribution in [0.1, 0.15) is 38.3 Å². The van der Waals surface area contributed by atoms with Crippen LogP contribution in [0.25, 0.3) is 0 Å². The Balaban J connectivity index is 1.36. The van der Waals surface area contributed by atoms with Crippen molar-refractivity contribution in [3.05, 3.63) is 53.2 Å². The first-order valence-electron chi connectivity index (χ1n) is 12.3. The molecule has 11 heteroatoms. The molecule has 0 atom stereocenters. The Hall–Kier alpha value is -3.49. The second-order valence-electron chi connectivity index (χ2n) is 10.7. The van der Waals surface area contributed by atoms with Crippen LogP contribution in [0.2, 0.25) is 0 Å². The molecule has 1 aromatic heterocycles. The molecule has 0 unspecified atom stereocenters. The van der Waals surface area contributed by atoms with Gasteiger partial charge in [0, 0.05) is 38.8 Å². The van der Waals surface area contributed by atoms with Gasteiger partial charge in [0.15, 0.2) is 23.7 Å². The first-order valence-corrected chi connectivity index (χ1v) is 12.3. The van der Waals surface area contributed by atoms with E-state index in [1.807, 2.05) is 31.7 Å². The molecule has 1 aromatic carbocycles. The number of anilines is 1. The zero-order chi connectivity index (χ0) is 27.5. The molecule has 38 heavy (non-hydrogen) atoms. The normalized spacial score (nSPS) is 17.0. The predicted molar refractivity (Wildman–Crippen MR) is 133 cm³/mol. The van der Waals surface area contributed by atoms with Crippen molar-refractivity contribution in [3.8, 4) is 11.8 Å². The van der Waals surface area contributed by atoms with E-state index in [1.54, 1.807) is 17.0 Å². The van der Waals surface area contributed by atoms with Crippen molar-refractivity contribution in [1.29, 1.82) is 5.26 Å². The monoisotopic (exact) mass is 530 g/mol. The summed E-state index contributed by atoms with van der Waals surface area (Å²) >= 11 is 0. The minimum absolute atomic E-state index is 0.165. The van der Waals surface area contributed by atoms with Crippen molar-refractivity contribution in [1.82, 2.24) is 9.88 Å². The SMILES string of the molecule is COc1c(F)cc(CN(CCC2OCC3(CO2)CN(C(=O)OC(C)(C)C)C3)c2ccc(C#N)cn2)cc1F. The summed E-state index contributed by atoms with van der Waals surface area (Å²) in [6.07, 6.45) is 1.08. The van der Waals surface area contributed by atoms with E-state index >= 15 is 0 Å². The molecule has 0 bridgehead atoms. The summed E-state index contributed by atoms with van der Waals surface area (Å²) in [6, 6.07) is 7.80. The Morgan fingerprint density at radius 2 is 1.89 bits per heavy atom. The average molecular weight is 531 g/mol. The molecule has 3 heterocycles. The second kappa shape index (κ2) is 11.1. The van der Waals surface area contributed by atoms with Crippen LogP contribution in [0, 0.1) is 28.4 Å². The average Bonchev–Trinajstić information content (AvgIpc) is 2.84. The number of rotatable bonds is 7. The largest absolute Gasteiger partial charge is 0.491 e. The van der Waals surface area contributed by atoms with E-state index in [0.29, 0.717) is 56.2 Å². The fraction of sp³-hybridized carbons (Fsp3) is 0.519. The smallest absolute Gasteiger partial charge is 0.410 e. The van der Waals surface area contributed by atoms with Crippen LogP contribution >= 0.6 is 0 Å². The molecular weight excluding hydrogens is 498 g/mol. The molecule has 0 aliphatic carbocycles. The standard InChI is InChI=1S/C27H32F2N4O5/c1-26(2,3)38-25(34)33-14-27(15-33)16-36-23(37-17-27)7-8-32(22-6-5-18(11-30)12-31-22)13-19-9-20(28)24(35-4)21(29)10-19/h5-6,9-10,12,23H,7-8,13-17H2,1-4H3. The number of carbonyl (C=O) groups is 1. The molecule has 9 nitrogen and oxygen atoms in total. The van der Waals surface area contributed by atoms with Gasteiger partial charge in [0.25, 0.3) is 0 Å². The Bertz CT molecular complexity index is 1160. The lowest BCUT2D eigenvalue weighted by Gasteiger charge is -2.52. The van der Waals surface area contributed by atoms with Crippen molar-refractivity contribution in [2.75, 3.05) is 44.9 Å². The van der Waals surface area contributed by atoms with Crippen LogP contribution < -0.4 is 9.64 Å². The summed E-state index contributed by atoms with van der Waals surface area (Å²) in [4.78, 5) is 20.1. The number of hydrogen-bond donors (Lipinski definition) is 0. The number of nitrogens with zero attached hydrogens (tertiary/aromatic N) is 4. The number of likely N-dealkylation sites (tertiary alicyclic amines) is 1. The molecule has 4 rings (SSSR count). The predicted octanol–water partition coefficient (Wildman–Crippen LogP) is 4.25. The number of aromatic nitrogens is 1. The maximum absolute atomic E-state index is 14.3. The minimum Gasteiger partial charge on any atom is -0.491 e. The number of nitriles is 1. The first-order chi connectivity index (χ1) is 18.0. The van der Waals surface area contributed by atoms with Crippen LogP contribution in [-0.2, 0) is 20.8 Å². The van der Waals surface area contributed by atoms with Gasteiger partial charge in [-0.15, -0.1) is 0 Å². The molecule has 204 valence electrons. The van der Waals surface area contributed by atoms with Gasteiger partial charge in [0.05, 0.1) is 31.3 Å². The number of methoxy groups -OCH3 is 1. The van der Waals surface area contributed by atoms with Gasteiger partial charge in [0.1, 0.15) is 17.5 Å². The van der Waals surface area contributed by atoms with E-state index in [2.05, 4.69) is 4.98 Å². The molecule has 2 fully saturated rings. The third kappa shape index (κ3) is 6.49. The maximum atomic E-state index is 14.3. The third-order valence-electron chi connectivity index (χ3n) is 6.33. The van der Waals surface area contributed by atoms with Crippen molar-refractivity contribution < 1.29 is 32.5 Å². The zero-order valence-corrected chi connectivity index (χ0v) is 22.0. The van der Waals surface area contributed by atoms with Gasteiger partial charge in [-0.25, -0.2) is 18.6 Å². The van der Waals surface area contributed by atoms with Crippen molar-refractivity contribution in [2.24, 2.45) is 5.41 Å². The fourth-order valence-electron chi connectivity index (χ4n) is 4.49. The van der Waals surface area contributed by atoms with E-state index in [-0.39, 0.29) is 18.1 Å². The highest BCUT2D eigenvalue weighted by atomic mass is 19.1. The number of benzene rings is 1. The number of halogens is 2. The molecule has 0 N–H and O–H groups in total. The van der Waals surface area contributed by atoms with E-state index < -0.39 is 29.3 Å². The number of carbonyl (C=O) groups excluding carboxylic acids is 1. The lowest BCUT2D eigenvalue weighted by Crippen LogP contribution is -2.65. The minimum atomic E-state index is -0.791. The van der Waals surface area contributed by atoms with Gasteiger partial charge >= 0.3 is 6.09 Å². The summed E-state index contributed by atoms with van der Waals surface area (Å²) in [7, 11) is 1.21. The van der Waals surface area contributed by atoms with Crippen LogP contribution in [-0.4, -0.2) is 67.8 Å². The van der Waals surface area contributed by atoms with Crippen LogP contribution in [0.5, 0.6) is 5.75 Å². The molecule has 2 aliphatic heterocycles. The molecular formula is C27H32F2N4O5. The molecule has 2 aliphatic rings. The Kier molecular flexibility index (Phi) is 8.04. The number of pyridine rings is 1. The van der Waals surface area contributed by atoms with Gasteiger partial charge in [-0.2, -0.15) is 5.26 Å². The Labute approximate surface area is 220 Å². The quantitative estimate of drug-likeness (QED) is 0.524. The molecule has 0 saturated carbocycles. The summed E-state index contributed by atoms with van der Waals surface area (Å²) in [5, 5.41) is 9.09. The number of amides is 1. The molecule has 1 amide bonds. The Morgan fingerprint density at radius 1 is 1.24 bits per heavy atom. The maximum Gasteiger partial charge on any atom is 0.410 e. The second-order valence-corrected chi connectivity index (χ2v) is 10.7. The zero-order valence-electron chi connectivity index (χ0n) is 22.0. The van der Waals surface area contributed by atoms with E-state index in [1.165, 1.54) is 25.4 Å². The molecule has 1 spiro atoms. The highest BCUT2D eigenvalue weighted by molar-refractivity contribution is 5.69. The van der Waals surface area contributed by atoms with Crippen LogP contribution in [0.4, 0.5) is 19.4 Å². The van der Waals surface area contributed by atoms with Gasteiger partial charge in [-0.1, -0.05) is 0 Å². The topological polar surface area (TPSA) is 97.1 Å². The lowest BCUT2D eigenvalue weighted by atomic mass is 9.81. The summed E-state index contributed by atoms with van der Waals surface area (Å²) < 4.78 is 50.8. The number of ether oxygens (including phenoxy) is 4. The molecule has 2 aromatic rings. The van der Waals surface area contributed by atoms with Crippen LogP contribution in [0.3, 0.4) is 0 Å². The highest BCUT2D eigenvalue weighted by Crippen LogP contribution is 2.36. The van der Waals surface area contributed by atoms with Gasteiger partial charge in [-0.3, -0.25) is 0 Å². The van der Waals surface area contributed by atoms with E-state index in [4.69, 9.17) is 24.2 Å². The van der Waals surface area contributed by atoms with Gasteiger partial charge in [0.2, 0.25) is 0 Å². The summed E-state index contributed by atoms with van der Waals surface area (Å²) in [6.45, 7) is 7.97. The third-order valence-corrected chi connectivity index (χ3v) is 6.33.